The number of nitrogens with zero attached hydrogens (tertiary/aromatic N) is 6. The number of likely N-dealkylation sites (tertiary alicyclic amines) is 1. The summed E-state index contributed by atoms with van der Waals surface area (Å²) in [6, 6.07) is 12.3. The van der Waals surface area contributed by atoms with Crippen molar-refractivity contribution in [3.63, 3.8) is 0 Å². The number of piperidine rings is 1. The molecule has 3 aromatic rings. The van der Waals surface area contributed by atoms with E-state index in [9.17, 15) is 18.0 Å². The summed E-state index contributed by atoms with van der Waals surface area (Å²) < 4.78 is 39.0. The van der Waals surface area contributed by atoms with Crippen LogP contribution in [0.4, 0.5) is 19.0 Å². The van der Waals surface area contributed by atoms with Gasteiger partial charge in [-0.05, 0) is 73.5 Å². The van der Waals surface area contributed by atoms with Gasteiger partial charge in [-0.2, -0.15) is 24.0 Å². The van der Waals surface area contributed by atoms with Crippen molar-refractivity contribution in [2.24, 2.45) is 21.7 Å². The summed E-state index contributed by atoms with van der Waals surface area (Å²) in [6.07, 6.45) is 7.25. The number of rotatable bonds is 6. The van der Waals surface area contributed by atoms with Gasteiger partial charge in [0.2, 0.25) is 5.70 Å². The Morgan fingerprint density at radius 1 is 1.10 bits per heavy atom. The lowest BCUT2D eigenvalue weighted by Gasteiger charge is -2.32. The average molecular weight is 574 g/mol. The summed E-state index contributed by atoms with van der Waals surface area (Å²) in [5.74, 6) is 6.91. The molecule has 1 fully saturated rings. The first-order valence-corrected chi connectivity index (χ1v) is 13.5. The number of hydrogen-bond donors (Lipinski definition) is 2. The Bertz CT molecular complexity index is 1620. The quantitative estimate of drug-likeness (QED) is 0.323. The van der Waals surface area contributed by atoms with Gasteiger partial charge in [0.1, 0.15) is 17.7 Å². The van der Waals surface area contributed by atoms with E-state index in [0.29, 0.717) is 11.4 Å². The predicted molar refractivity (Wildman–Crippen MR) is 152 cm³/mol. The van der Waals surface area contributed by atoms with Crippen molar-refractivity contribution < 1.29 is 22.6 Å². The Morgan fingerprint density at radius 2 is 1.88 bits per heavy atom. The zero-order valence-corrected chi connectivity index (χ0v) is 22.5. The SMILES string of the molecule is N[N+]12C=CN=CC1=C(C1CCCN(Cc3ccncc3)C1)N=C2c1ccc(C(=O)Nc2cc(C(F)(F)F)ccn2)cc1. The molecule has 1 aromatic carbocycles. The zero-order valence-electron chi connectivity index (χ0n) is 22.5. The number of quaternary nitrogens is 1. The fourth-order valence-electron chi connectivity index (χ4n) is 5.51. The molecule has 2 atom stereocenters. The number of carbonyl (C=O) groups is 1. The standard InChI is InChI=1S/C30H27F3N8O/c31-30(32,33)24-9-12-37-26(16-24)38-29(42)22-5-3-21(4-6-22)28-39-27(25-17-36-13-15-41(25,28)34)23-2-1-14-40(19-23)18-20-7-10-35-11-8-20/h3-13,15-17,23H,1-2,14,18-19,34H2/p+1. The van der Waals surface area contributed by atoms with E-state index in [1.165, 1.54) is 5.56 Å². The van der Waals surface area contributed by atoms with E-state index in [-0.39, 0.29) is 21.9 Å². The summed E-state index contributed by atoms with van der Waals surface area (Å²) >= 11 is 0. The number of nitrogens with two attached hydrogens (primary N) is 1. The second kappa shape index (κ2) is 11.0. The number of alkyl halides is 3. The molecule has 42 heavy (non-hydrogen) atoms. The number of fused-ring (bicyclic) bond motifs is 1. The van der Waals surface area contributed by atoms with Crippen LogP contribution in [-0.4, -0.2) is 50.5 Å². The molecular weight excluding hydrogens is 545 g/mol. The third-order valence-electron chi connectivity index (χ3n) is 7.60. The van der Waals surface area contributed by atoms with Crippen LogP contribution in [0.3, 0.4) is 0 Å². The number of aromatic nitrogens is 2. The first-order chi connectivity index (χ1) is 20.2. The van der Waals surface area contributed by atoms with E-state index < -0.39 is 17.6 Å². The van der Waals surface area contributed by atoms with Gasteiger partial charge in [0.05, 0.1) is 23.5 Å². The van der Waals surface area contributed by atoms with Crippen molar-refractivity contribution in [3.05, 3.63) is 113 Å². The highest BCUT2D eigenvalue weighted by Crippen LogP contribution is 2.37. The molecule has 0 spiro atoms. The molecule has 1 saturated heterocycles. The summed E-state index contributed by atoms with van der Waals surface area (Å²) in [5, 5.41) is 2.43. The smallest absolute Gasteiger partial charge is 0.307 e. The highest BCUT2D eigenvalue weighted by Gasteiger charge is 2.46. The lowest BCUT2D eigenvalue weighted by Crippen LogP contribution is -2.53. The molecule has 0 bridgehead atoms. The molecular formula is C30H28F3N8O+. The van der Waals surface area contributed by atoms with Crippen molar-refractivity contribution >= 4 is 23.8 Å². The molecule has 9 nitrogen and oxygen atoms in total. The number of anilines is 1. The number of pyridine rings is 2. The largest absolute Gasteiger partial charge is 0.416 e. The van der Waals surface area contributed by atoms with Crippen LogP contribution in [0.5, 0.6) is 0 Å². The van der Waals surface area contributed by atoms with Crippen molar-refractivity contribution in [2.45, 2.75) is 25.6 Å². The molecule has 5 heterocycles. The van der Waals surface area contributed by atoms with Gasteiger partial charge in [0, 0.05) is 43.2 Å². The Labute approximate surface area is 240 Å². The van der Waals surface area contributed by atoms with Gasteiger partial charge < -0.3 is 5.32 Å². The first kappa shape index (κ1) is 27.6. The number of amides is 1. The molecule has 0 aliphatic carbocycles. The van der Waals surface area contributed by atoms with E-state index in [2.05, 4.69) is 25.2 Å². The van der Waals surface area contributed by atoms with Gasteiger partial charge in [0.15, 0.2) is 0 Å². The molecule has 2 aromatic heterocycles. The first-order valence-electron chi connectivity index (χ1n) is 13.5. The Hall–Kier alpha value is -4.52. The molecule has 0 radical (unpaired) electrons. The number of benzene rings is 1. The van der Waals surface area contributed by atoms with Gasteiger partial charge in [0.25, 0.3) is 11.7 Å². The average Bonchev–Trinajstić information content (AvgIpc) is 3.30. The molecule has 3 aliphatic rings. The monoisotopic (exact) mass is 573 g/mol. The minimum atomic E-state index is -4.54. The maximum Gasteiger partial charge on any atom is 0.416 e. The summed E-state index contributed by atoms with van der Waals surface area (Å²) in [4.78, 5) is 32.5. The fraction of sp³-hybridized carbons (Fsp3) is 0.233. The third-order valence-corrected chi connectivity index (χ3v) is 7.60. The van der Waals surface area contributed by atoms with Crippen LogP contribution < -0.4 is 11.2 Å². The number of amidine groups is 1. The summed E-state index contributed by atoms with van der Waals surface area (Å²) in [7, 11) is 0. The van der Waals surface area contributed by atoms with E-state index >= 15 is 0 Å². The van der Waals surface area contributed by atoms with Crippen LogP contribution in [0, 0.1) is 5.92 Å². The number of halogens is 3. The number of aliphatic imine (C=N–C) groups is 2. The Balaban J connectivity index is 1.22. The zero-order chi connectivity index (χ0) is 29.3. The maximum atomic E-state index is 13.0. The van der Waals surface area contributed by atoms with Crippen LogP contribution in [0.25, 0.3) is 0 Å². The van der Waals surface area contributed by atoms with Gasteiger partial charge in [-0.3, -0.25) is 19.7 Å². The molecule has 12 heteroatoms. The van der Waals surface area contributed by atoms with Gasteiger partial charge >= 0.3 is 6.18 Å². The van der Waals surface area contributed by atoms with E-state index in [4.69, 9.17) is 10.8 Å². The van der Waals surface area contributed by atoms with Crippen LogP contribution in [0.15, 0.2) is 101 Å². The lowest BCUT2D eigenvalue weighted by molar-refractivity contribution is -0.750. The number of nitrogens with one attached hydrogen (secondary N) is 1. The fourth-order valence-corrected chi connectivity index (χ4v) is 5.51. The molecule has 0 saturated carbocycles. The number of carbonyl (C=O) groups excluding carboxylic acids is 1. The molecule has 2 unspecified atom stereocenters. The number of allylic oxidation sites excluding steroid dienone is 1. The molecule has 1 amide bonds. The van der Waals surface area contributed by atoms with Gasteiger partial charge in [-0.15, -0.1) is 4.59 Å². The second-order valence-electron chi connectivity index (χ2n) is 10.4. The summed E-state index contributed by atoms with van der Waals surface area (Å²) in [5.41, 5.74) is 2.98. The number of hydrogen-bond acceptors (Lipinski definition) is 7. The predicted octanol–water partition coefficient (Wildman–Crippen LogP) is 4.88. The summed E-state index contributed by atoms with van der Waals surface area (Å²) in [6.45, 7) is 2.65. The van der Waals surface area contributed by atoms with E-state index in [1.54, 1.807) is 55.3 Å². The van der Waals surface area contributed by atoms with Crippen molar-refractivity contribution in [1.29, 1.82) is 0 Å². The van der Waals surface area contributed by atoms with Crippen molar-refractivity contribution in [3.8, 4) is 0 Å². The van der Waals surface area contributed by atoms with E-state index in [1.807, 2.05) is 12.1 Å². The van der Waals surface area contributed by atoms with Crippen LogP contribution in [0.2, 0.25) is 0 Å². The molecule has 3 N–H and O–H groups in total. The van der Waals surface area contributed by atoms with Gasteiger partial charge in [-0.25, -0.2) is 4.98 Å². The highest BCUT2D eigenvalue weighted by molar-refractivity contribution is 6.05. The third kappa shape index (κ3) is 5.51. The normalized spacial score (nSPS) is 22.2. The lowest BCUT2D eigenvalue weighted by atomic mass is 9.93. The van der Waals surface area contributed by atoms with Gasteiger partial charge in [-0.1, -0.05) is 0 Å². The van der Waals surface area contributed by atoms with E-state index in [0.717, 1.165) is 62.2 Å². The van der Waals surface area contributed by atoms with Crippen LogP contribution in [0.1, 0.15) is 39.9 Å². The molecule has 6 rings (SSSR count). The Morgan fingerprint density at radius 3 is 2.64 bits per heavy atom. The second-order valence-corrected chi connectivity index (χ2v) is 10.4. The highest BCUT2D eigenvalue weighted by atomic mass is 19.4. The molecule has 214 valence electrons. The van der Waals surface area contributed by atoms with Crippen molar-refractivity contribution in [1.82, 2.24) is 14.9 Å². The minimum absolute atomic E-state index is 0.139. The van der Waals surface area contributed by atoms with Crippen LogP contribution >= 0.6 is 0 Å². The topological polar surface area (TPSA) is 109 Å². The maximum absolute atomic E-state index is 13.0. The van der Waals surface area contributed by atoms with Crippen LogP contribution in [-0.2, 0) is 12.7 Å². The molecule has 3 aliphatic heterocycles. The van der Waals surface area contributed by atoms with Crippen molar-refractivity contribution in [2.75, 3.05) is 18.4 Å². The minimum Gasteiger partial charge on any atom is -0.307 e. The Kier molecular flexibility index (Phi) is 7.27.